The topological polar surface area (TPSA) is 29.5 Å². The van der Waals surface area contributed by atoms with E-state index in [2.05, 4.69) is 20.8 Å². The van der Waals surface area contributed by atoms with E-state index in [0.717, 1.165) is 0 Å². The number of hydrogen-bond acceptors (Lipinski definition) is 2. The fraction of sp³-hybridized carbons (Fsp3) is 1.00. The predicted molar refractivity (Wildman–Crippen MR) is 50.3 cm³/mol. The Balaban J connectivity index is 4.35. The van der Waals surface area contributed by atoms with Crippen LogP contribution in [0.2, 0.25) is 0 Å². The van der Waals surface area contributed by atoms with E-state index in [-0.39, 0.29) is 11.3 Å². The molecule has 0 bridgehead atoms. The number of aliphatic hydroxyl groups is 1. The van der Waals surface area contributed by atoms with Gasteiger partial charge < -0.3 is 9.53 Å². The Hall–Kier alpha value is 0.137. The highest BCUT2D eigenvalue weighted by atomic mass is 28.2. The van der Waals surface area contributed by atoms with Crippen molar-refractivity contribution in [3.8, 4) is 0 Å². The summed E-state index contributed by atoms with van der Waals surface area (Å²) in [4.78, 5) is 0. The molecule has 2 atom stereocenters. The maximum Gasteiger partial charge on any atom is 0.155 e. The first kappa shape index (κ1) is 11.1. The van der Waals surface area contributed by atoms with Crippen molar-refractivity contribution in [3.05, 3.63) is 0 Å². The second-order valence-corrected chi connectivity index (χ2v) is 4.75. The molecule has 0 radical (unpaired) electrons. The van der Waals surface area contributed by atoms with Gasteiger partial charge in [-0.05, 0) is 12.3 Å². The SMILES string of the molecule is CC(C(C)(C)C)C(C)(O)O[SiH3]. The Morgan fingerprint density at radius 1 is 1.27 bits per heavy atom. The highest BCUT2D eigenvalue weighted by molar-refractivity contribution is 5.98. The van der Waals surface area contributed by atoms with Gasteiger partial charge in [-0.15, -0.1) is 0 Å². The van der Waals surface area contributed by atoms with Crippen LogP contribution >= 0.6 is 0 Å². The summed E-state index contributed by atoms with van der Waals surface area (Å²) in [5, 5.41) is 9.74. The predicted octanol–water partition coefficient (Wildman–Crippen LogP) is 0.674. The molecule has 0 spiro atoms. The van der Waals surface area contributed by atoms with Gasteiger partial charge in [0.2, 0.25) is 0 Å². The third kappa shape index (κ3) is 2.93. The third-order valence-corrected chi connectivity index (χ3v) is 3.34. The maximum atomic E-state index is 9.74. The molecule has 0 amide bonds. The van der Waals surface area contributed by atoms with Crippen molar-refractivity contribution in [3.63, 3.8) is 0 Å². The van der Waals surface area contributed by atoms with Crippen LogP contribution in [0.25, 0.3) is 0 Å². The Morgan fingerprint density at radius 3 is 1.73 bits per heavy atom. The van der Waals surface area contributed by atoms with Gasteiger partial charge in [0.1, 0.15) is 10.5 Å². The summed E-state index contributed by atoms with van der Waals surface area (Å²) in [5.74, 6) is -0.808. The zero-order valence-corrected chi connectivity index (χ0v) is 10.4. The van der Waals surface area contributed by atoms with E-state index in [9.17, 15) is 5.11 Å². The largest absolute Gasteiger partial charge is 0.402 e. The lowest BCUT2D eigenvalue weighted by Crippen LogP contribution is -2.42. The molecule has 0 aliphatic carbocycles. The molecule has 0 aromatic heterocycles. The summed E-state index contributed by atoms with van der Waals surface area (Å²) in [6.07, 6.45) is 0. The second kappa shape index (κ2) is 3.25. The van der Waals surface area contributed by atoms with Crippen molar-refractivity contribution in [2.24, 2.45) is 11.3 Å². The maximum absolute atomic E-state index is 9.74. The molecule has 0 aliphatic rings. The van der Waals surface area contributed by atoms with E-state index >= 15 is 0 Å². The van der Waals surface area contributed by atoms with Gasteiger partial charge in [-0.25, -0.2) is 0 Å². The Morgan fingerprint density at radius 2 is 1.64 bits per heavy atom. The highest BCUT2D eigenvalue weighted by Gasteiger charge is 2.35. The Labute approximate surface area is 72.5 Å². The van der Waals surface area contributed by atoms with E-state index in [1.807, 2.05) is 6.92 Å². The molecule has 11 heavy (non-hydrogen) atoms. The van der Waals surface area contributed by atoms with Crippen LogP contribution in [0.15, 0.2) is 0 Å². The van der Waals surface area contributed by atoms with Gasteiger partial charge in [-0.1, -0.05) is 27.7 Å². The molecule has 0 saturated carbocycles. The molecule has 1 N–H and O–H groups in total. The zero-order valence-electron chi connectivity index (χ0n) is 8.43. The van der Waals surface area contributed by atoms with Crippen LogP contribution in [0.3, 0.4) is 0 Å². The standard InChI is InChI=1S/C8H20O2Si/c1-6(7(2,3)4)8(5,9)10-11/h6,9H,1-5,11H3. The normalized spacial score (nSPS) is 21.3. The van der Waals surface area contributed by atoms with Crippen LogP contribution < -0.4 is 0 Å². The van der Waals surface area contributed by atoms with Gasteiger partial charge in [0, 0.05) is 5.92 Å². The van der Waals surface area contributed by atoms with E-state index in [1.165, 1.54) is 0 Å². The highest BCUT2D eigenvalue weighted by Crippen LogP contribution is 2.34. The van der Waals surface area contributed by atoms with Crippen LogP contribution in [0.1, 0.15) is 34.6 Å². The minimum absolute atomic E-state index is 0.0912. The minimum Gasteiger partial charge on any atom is -0.402 e. The quantitative estimate of drug-likeness (QED) is 0.495. The summed E-state index contributed by atoms with van der Waals surface area (Å²) >= 11 is 0. The lowest BCUT2D eigenvalue weighted by atomic mass is 9.77. The van der Waals surface area contributed by atoms with E-state index in [4.69, 9.17) is 4.43 Å². The number of hydrogen-bond donors (Lipinski definition) is 1. The van der Waals surface area contributed by atoms with Crippen LogP contribution in [-0.4, -0.2) is 21.4 Å². The molecular formula is C8H20O2Si. The van der Waals surface area contributed by atoms with Gasteiger partial charge in [0.25, 0.3) is 0 Å². The van der Waals surface area contributed by atoms with Crippen molar-refractivity contribution in [1.29, 1.82) is 0 Å². The average molecular weight is 176 g/mol. The first-order valence-electron chi connectivity index (χ1n) is 3.99. The van der Waals surface area contributed by atoms with Gasteiger partial charge in [-0.2, -0.15) is 0 Å². The van der Waals surface area contributed by atoms with E-state index < -0.39 is 5.79 Å². The van der Waals surface area contributed by atoms with Crippen molar-refractivity contribution in [1.82, 2.24) is 0 Å². The van der Waals surface area contributed by atoms with Crippen molar-refractivity contribution >= 4 is 10.5 Å². The fourth-order valence-corrected chi connectivity index (χ4v) is 1.33. The smallest absolute Gasteiger partial charge is 0.155 e. The molecule has 0 saturated heterocycles. The molecule has 0 aliphatic heterocycles. The monoisotopic (exact) mass is 176 g/mol. The van der Waals surface area contributed by atoms with Crippen LogP contribution in [0, 0.1) is 11.3 Å². The van der Waals surface area contributed by atoms with Gasteiger partial charge in [-0.3, -0.25) is 0 Å². The molecule has 68 valence electrons. The van der Waals surface area contributed by atoms with Gasteiger partial charge in [0.05, 0.1) is 0 Å². The number of rotatable bonds is 2. The van der Waals surface area contributed by atoms with E-state index in [1.54, 1.807) is 6.92 Å². The summed E-state index contributed by atoms with van der Waals surface area (Å²) in [6.45, 7) is 10.1. The first-order valence-corrected chi connectivity index (χ1v) is 4.81. The van der Waals surface area contributed by atoms with Crippen molar-refractivity contribution < 1.29 is 9.53 Å². The first-order chi connectivity index (χ1) is 4.72. The summed E-state index contributed by atoms with van der Waals surface area (Å²) in [7, 11) is 0.579. The summed E-state index contributed by atoms with van der Waals surface area (Å²) in [6, 6.07) is 0. The van der Waals surface area contributed by atoms with Crippen LogP contribution in [0.5, 0.6) is 0 Å². The van der Waals surface area contributed by atoms with Crippen molar-refractivity contribution in [2.75, 3.05) is 0 Å². The van der Waals surface area contributed by atoms with Crippen LogP contribution in [0.4, 0.5) is 0 Å². The van der Waals surface area contributed by atoms with E-state index in [0.29, 0.717) is 10.5 Å². The average Bonchev–Trinajstić information content (AvgIpc) is 1.84. The second-order valence-electron chi connectivity index (χ2n) is 4.35. The van der Waals surface area contributed by atoms with Gasteiger partial charge in [0.15, 0.2) is 5.79 Å². The molecular weight excluding hydrogens is 156 g/mol. The molecule has 0 aromatic rings. The summed E-state index contributed by atoms with van der Waals surface area (Å²) in [5.41, 5.74) is 0.0912. The molecule has 0 aromatic carbocycles. The van der Waals surface area contributed by atoms with Crippen molar-refractivity contribution in [2.45, 2.75) is 40.4 Å². The lowest BCUT2D eigenvalue weighted by Gasteiger charge is -2.38. The Kier molecular flexibility index (Phi) is 3.29. The fourth-order valence-electron chi connectivity index (χ4n) is 0.980. The van der Waals surface area contributed by atoms with Crippen LogP contribution in [-0.2, 0) is 4.43 Å². The lowest BCUT2D eigenvalue weighted by molar-refractivity contribution is -0.180. The Bertz CT molecular complexity index is 127. The van der Waals surface area contributed by atoms with Gasteiger partial charge >= 0.3 is 0 Å². The molecule has 2 unspecified atom stereocenters. The minimum atomic E-state index is -0.954. The zero-order chi connectivity index (χ0) is 9.28. The molecule has 3 heteroatoms. The third-order valence-electron chi connectivity index (χ3n) is 2.52. The molecule has 2 nitrogen and oxygen atoms in total. The molecule has 0 heterocycles. The summed E-state index contributed by atoms with van der Waals surface area (Å²) < 4.78 is 5.12. The molecule has 0 rings (SSSR count). The molecule has 0 fully saturated rings.